The zero-order chi connectivity index (χ0) is 17.4. The van der Waals surface area contributed by atoms with Gasteiger partial charge in [-0.2, -0.15) is 0 Å². The lowest BCUT2D eigenvalue weighted by atomic mass is 9.95. The van der Waals surface area contributed by atoms with Crippen LogP contribution in [0.2, 0.25) is 0 Å². The van der Waals surface area contributed by atoms with Gasteiger partial charge in [-0.1, -0.05) is 36.4 Å². The first-order chi connectivity index (χ1) is 12.1. The van der Waals surface area contributed by atoms with Crippen LogP contribution >= 0.6 is 0 Å². The highest BCUT2D eigenvalue weighted by atomic mass is 16.5. The molecule has 2 heterocycles. The molecular weight excluding hydrogens is 312 g/mol. The molecule has 0 aliphatic carbocycles. The second-order valence-corrected chi connectivity index (χ2v) is 7.12. The van der Waals surface area contributed by atoms with Gasteiger partial charge >= 0.3 is 0 Å². The lowest BCUT2D eigenvalue weighted by molar-refractivity contribution is -0.131. The van der Waals surface area contributed by atoms with E-state index in [0.717, 1.165) is 42.7 Å². The van der Waals surface area contributed by atoms with Crippen LogP contribution in [0.25, 0.3) is 11.1 Å². The highest BCUT2D eigenvalue weighted by Crippen LogP contribution is 2.40. The number of likely N-dealkylation sites (tertiary alicyclic amines) is 1. The third kappa shape index (κ3) is 2.71. The molecule has 0 aromatic heterocycles. The van der Waals surface area contributed by atoms with Crippen molar-refractivity contribution in [2.45, 2.75) is 30.8 Å². The van der Waals surface area contributed by atoms with Gasteiger partial charge in [0.05, 0.1) is 7.11 Å². The summed E-state index contributed by atoms with van der Waals surface area (Å²) >= 11 is 0. The number of nitrogens with one attached hydrogen (secondary N) is 1. The summed E-state index contributed by atoms with van der Waals surface area (Å²) < 4.78 is 5.50. The van der Waals surface area contributed by atoms with Gasteiger partial charge in [-0.15, -0.1) is 0 Å². The molecule has 2 atom stereocenters. The fourth-order valence-electron chi connectivity index (χ4n) is 4.22. The Morgan fingerprint density at radius 3 is 2.76 bits per heavy atom. The van der Waals surface area contributed by atoms with E-state index < -0.39 is 0 Å². The smallest absolute Gasteiger partial charge is 0.242 e. The van der Waals surface area contributed by atoms with Gasteiger partial charge in [0.2, 0.25) is 5.91 Å². The molecule has 1 spiro atoms. The maximum atomic E-state index is 12.5. The van der Waals surface area contributed by atoms with E-state index in [-0.39, 0.29) is 17.5 Å². The van der Waals surface area contributed by atoms with Crippen molar-refractivity contribution in [1.82, 2.24) is 10.2 Å². The van der Waals surface area contributed by atoms with Gasteiger partial charge in [0.1, 0.15) is 11.3 Å². The lowest BCUT2D eigenvalue weighted by Crippen LogP contribution is -2.47. The number of ether oxygens (including phenoxy) is 1. The summed E-state index contributed by atoms with van der Waals surface area (Å²) in [5.74, 6) is 1.12. The maximum Gasteiger partial charge on any atom is 0.242 e. The summed E-state index contributed by atoms with van der Waals surface area (Å²) in [6.07, 6.45) is 2.82. The number of likely N-dealkylation sites (N-methyl/N-ethyl adjacent to an activating group) is 1. The third-order valence-electron chi connectivity index (χ3n) is 5.65. The number of carbonyl (C=O) groups excluding carboxylic acids is 1. The predicted molar refractivity (Wildman–Crippen MR) is 98.5 cm³/mol. The van der Waals surface area contributed by atoms with Gasteiger partial charge in [-0.25, -0.2) is 0 Å². The van der Waals surface area contributed by atoms with Crippen LogP contribution in [0.5, 0.6) is 5.75 Å². The second kappa shape index (κ2) is 6.19. The monoisotopic (exact) mass is 336 g/mol. The van der Waals surface area contributed by atoms with Crippen molar-refractivity contribution in [2.75, 3.05) is 20.7 Å². The Labute approximate surface area is 148 Å². The average Bonchev–Trinajstić information content (AvgIpc) is 3.22. The Bertz CT molecular complexity index is 804. The molecule has 2 aromatic carbocycles. The Morgan fingerprint density at radius 1 is 1.16 bits per heavy atom. The first-order valence-corrected chi connectivity index (χ1v) is 8.89. The van der Waals surface area contributed by atoms with Crippen molar-refractivity contribution < 1.29 is 9.53 Å². The van der Waals surface area contributed by atoms with Crippen molar-refractivity contribution in [3.63, 3.8) is 0 Å². The Hall–Kier alpha value is -2.33. The predicted octanol–water partition coefficient (Wildman–Crippen LogP) is 3.39. The molecule has 4 rings (SSSR count). The SMILES string of the molecule is COc1ccccc1-c1cccc(C2CCC3(CCN(C)C3=O)N2)c1. The minimum Gasteiger partial charge on any atom is -0.496 e. The molecule has 0 radical (unpaired) electrons. The molecule has 0 saturated carbocycles. The first kappa shape index (κ1) is 16.2. The molecule has 1 amide bonds. The van der Waals surface area contributed by atoms with Crippen molar-refractivity contribution in [2.24, 2.45) is 0 Å². The number of benzene rings is 2. The fraction of sp³-hybridized carbons (Fsp3) is 0.381. The summed E-state index contributed by atoms with van der Waals surface area (Å²) in [6, 6.07) is 16.9. The van der Waals surface area contributed by atoms with E-state index in [4.69, 9.17) is 4.74 Å². The van der Waals surface area contributed by atoms with E-state index >= 15 is 0 Å². The van der Waals surface area contributed by atoms with Gasteiger partial charge in [0.25, 0.3) is 0 Å². The van der Waals surface area contributed by atoms with Crippen LogP contribution in [0.3, 0.4) is 0 Å². The maximum absolute atomic E-state index is 12.5. The van der Waals surface area contributed by atoms with E-state index in [0.29, 0.717) is 0 Å². The van der Waals surface area contributed by atoms with Crippen molar-refractivity contribution in [3.05, 3.63) is 54.1 Å². The fourth-order valence-corrected chi connectivity index (χ4v) is 4.22. The largest absolute Gasteiger partial charge is 0.496 e. The van der Waals surface area contributed by atoms with Crippen LogP contribution in [0.4, 0.5) is 0 Å². The normalized spacial score (nSPS) is 25.8. The zero-order valence-electron chi connectivity index (χ0n) is 14.8. The Balaban J connectivity index is 1.62. The molecule has 4 nitrogen and oxygen atoms in total. The molecule has 25 heavy (non-hydrogen) atoms. The molecule has 2 unspecified atom stereocenters. The Morgan fingerprint density at radius 2 is 2.00 bits per heavy atom. The first-order valence-electron chi connectivity index (χ1n) is 8.89. The highest BCUT2D eigenvalue weighted by Gasteiger charge is 2.49. The summed E-state index contributed by atoms with van der Waals surface area (Å²) in [5.41, 5.74) is 3.13. The van der Waals surface area contributed by atoms with E-state index in [1.165, 1.54) is 5.56 Å². The minimum atomic E-state index is -0.347. The summed E-state index contributed by atoms with van der Waals surface area (Å²) in [4.78, 5) is 14.4. The Kier molecular flexibility index (Phi) is 4.00. The standard InChI is InChI=1S/C21H24N2O2/c1-23-13-12-21(20(23)24)11-10-18(22-21)16-7-5-6-15(14-16)17-8-3-4-9-19(17)25-2/h3-9,14,18,22H,10-13H2,1-2H3. The average molecular weight is 336 g/mol. The number of rotatable bonds is 3. The lowest BCUT2D eigenvalue weighted by Gasteiger charge is -2.23. The van der Waals surface area contributed by atoms with Crippen molar-refractivity contribution in [1.29, 1.82) is 0 Å². The third-order valence-corrected chi connectivity index (χ3v) is 5.65. The van der Waals surface area contributed by atoms with Crippen LogP contribution in [-0.2, 0) is 4.79 Å². The molecule has 1 N–H and O–H groups in total. The summed E-state index contributed by atoms with van der Waals surface area (Å²) in [7, 11) is 3.60. The molecule has 0 bridgehead atoms. The van der Waals surface area contributed by atoms with E-state index in [1.807, 2.05) is 30.1 Å². The number of methoxy groups -OCH3 is 1. The van der Waals surface area contributed by atoms with Crippen molar-refractivity contribution >= 4 is 5.91 Å². The van der Waals surface area contributed by atoms with Gasteiger partial charge in [0.15, 0.2) is 0 Å². The minimum absolute atomic E-state index is 0.227. The molecule has 130 valence electrons. The molecule has 4 heteroatoms. The number of hydrogen-bond donors (Lipinski definition) is 1. The van der Waals surface area contributed by atoms with Gasteiger partial charge in [-0.05, 0) is 42.5 Å². The van der Waals surface area contributed by atoms with Crippen molar-refractivity contribution in [3.8, 4) is 16.9 Å². The van der Waals surface area contributed by atoms with Crippen LogP contribution in [0, 0.1) is 0 Å². The summed E-state index contributed by atoms with van der Waals surface area (Å²) in [5, 5.41) is 3.65. The van der Waals surface area contributed by atoms with E-state index in [2.05, 4.69) is 35.6 Å². The van der Waals surface area contributed by atoms with Gasteiger partial charge in [-0.3, -0.25) is 10.1 Å². The van der Waals surface area contributed by atoms with Crippen LogP contribution in [-0.4, -0.2) is 37.0 Å². The van der Waals surface area contributed by atoms with E-state index in [1.54, 1.807) is 7.11 Å². The number of carbonyl (C=O) groups is 1. The number of hydrogen-bond acceptors (Lipinski definition) is 3. The number of amides is 1. The molecule has 2 fully saturated rings. The molecule has 2 aliphatic heterocycles. The number of nitrogens with zero attached hydrogens (tertiary/aromatic N) is 1. The highest BCUT2D eigenvalue weighted by molar-refractivity contribution is 5.88. The second-order valence-electron chi connectivity index (χ2n) is 7.12. The summed E-state index contributed by atoms with van der Waals surface area (Å²) in [6.45, 7) is 0.847. The van der Waals surface area contributed by atoms with Crippen LogP contribution in [0.1, 0.15) is 30.9 Å². The van der Waals surface area contributed by atoms with Crippen LogP contribution < -0.4 is 10.1 Å². The molecule has 2 aromatic rings. The molecular formula is C21H24N2O2. The van der Waals surface area contributed by atoms with Gasteiger partial charge < -0.3 is 9.64 Å². The van der Waals surface area contributed by atoms with E-state index in [9.17, 15) is 4.79 Å². The quantitative estimate of drug-likeness (QED) is 0.934. The van der Waals surface area contributed by atoms with Crippen LogP contribution in [0.15, 0.2) is 48.5 Å². The molecule has 2 saturated heterocycles. The zero-order valence-corrected chi connectivity index (χ0v) is 14.8. The van der Waals surface area contributed by atoms with Gasteiger partial charge in [0, 0.05) is 25.2 Å². The number of para-hydroxylation sites is 1. The topological polar surface area (TPSA) is 41.6 Å². The molecule has 2 aliphatic rings.